The van der Waals surface area contributed by atoms with Crippen molar-refractivity contribution >= 4 is 5.97 Å². The Kier molecular flexibility index (Phi) is 16.6. The summed E-state index contributed by atoms with van der Waals surface area (Å²) in [6.07, 6.45) is -21.2. The molecular formula is C53H86O22. The first kappa shape index (κ1) is 58.1. The van der Waals surface area contributed by atoms with Gasteiger partial charge in [-0.3, -0.25) is 4.79 Å². The van der Waals surface area contributed by atoms with E-state index >= 15 is 4.79 Å². The molecule has 4 saturated carbocycles. The Morgan fingerprint density at radius 2 is 1.20 bits per heavy atom. The molecule has 0 aromatic carbocycles. The molecule has 22 nitrogen and oxygen atoms in total. The molecule has 0 unspecified atom stereocenters. The second-order valence-corrected chi connectivity index (χ2v) is 25.3. The summed E-state index contributed by atoms with van der Waals surface area (Å²) < 4.78 is 47.2. The number of aliphatic hydroxyl groups excluding tert-OH is 13. The lowest BCUT2D eigenvalue weighted by Crippen LogP contribution is -2.66. The second kappa shape index (κ2) is 21.4. The minimum atomic E-state index is -1.82. The van der Waals surface area contributed by atoms with Crippen LogP contribution in [0.5, 0.6) is 0 Å². The number of carbonyl (C=O) groups is 1. The lowest BCUT2D eigenvalue weighted by molar-refractivity contribution is -0.357. The number of carbonyl (C=O) groups excluding carboxylic acids is 1. The van der Waals surface area contributed by atoms with Crippen molar-refractivity contribution in [2.24, 2.45) is 56.7 Å². The highest BCUT2D eigenvalue weighted by Gasteiger charge is 2.70. The molecule has 0 spiro atoms. The zero-order chi connectivity index (χ0) is 54.6. The van der Waals surface area contributed by atoms with Crippen LogP contribution in [-0.2, 0) is 42.7 Å². The Bertz CT molecular complexity index is 2040. The zero-order valence-electron chi connectivity index (χ0n) is 44.2. The summed E-state index contributed by atoms with van der Waals surface area (Å²) in [6, 6.07) is 0. The van der Waals surface area contributed by atoms with E-state index in [1.165, 1.54) is 5.57 Å². The average Bonchev–Trinajstić information content (AvgIpc) is 3.44. The summed E-state index contributed by atoms with van der Waals surface area (Å²) >= 11 is 0. The highest BCUT2D eigenvalue weighted by atomic mass is 16.8. The number of allylic oxidation sites excluding steroid dienone is 2. The molecule has 9 rings (SSSR count). The summed E-state index contributed by atoms with van der Waals surface area (Å²) in [7, 11) is 0. The molecule has 0 bridgehead atoms. The Morgan fingerprint density at radius 1 is 0.613 bits per heavy atom. The molecule has 430 valence electrons. The highest BCUT2D eigenvalue weighted by Crippen LogP contribution is 2.76. The summed E-state index contributed by atoms with van der Waals surface area (Å²) in [5.74, 6) is -0.00547. The smallest absolute Gasteiger partial charge is 0.315 e. The van der Waals surface area contributed by atoms with Crippen LogP contribution in [-0.4, -0.2) is 222 Å². The van der Waals surface area contributed by atoms with E-state index in [9.17, 15) is 66.4 Å². The molecular weight excluding hydrogens is 989 g/mol. The third-order valence-corrected chi connectivity index (χ3v) is 21.4. The van der Waals surface area contributed by atoms with Crippen LogP contribution < -0.4 is 0 Å². The number of hydrogen-bond donors (Lipinski definition) is 13. The van der Waals surface area contributed by atoms with Crippen LogP contribution in [0.25, 0.3) is 0 Å². The Labute approximate surface area is 437 Å². The van der Waals surface area contributed by atoms with E-state index in [-0.39, 0.29) is 58.5 Å². The largest absolute Gasteiger partial charge is 0.432 e. The topological polar surface area (TPSA) is 354 Å². The lowest BCUT2D eigenvalue weighted by Gasteiger charge is -2.71. The van der Waals surface area contributed by atoms with E-state index in [0.29, 0.717) is 25.7 Å². The summed E-state index contributed by atoms with van der Waals surface area (Å²) in [4.78, 5) is 15.1. The van der Waals surface area contributed by atoms with Crippen molar-refractivity contribution in [3.63, 3.8) is 0 Å². The first-order valence-corrected chi connectivity index (χ1v) is 27.3. The molecule has 4 saturated heterocycles. The van der Waals surface area contributed by atoms with Crippen molar-refractivity contribution < 1.29 is 109 Å². The van der Waals surface area contributed by atoms with Crippen molar-refractivity contribution in [1.82, 2.24) is 0 Å². The number of esters is 1. The van der Waals surface area contributed by atoms with E-state index in [1.807, 2.05) is 0 Å². The fourth-order valence-electron chi connectivity index (χ4n) is 16.4. The van der Waals surface area contributed by atoms with Gasteiger partial charge in [-0.25, -0.2) is 0 Å². The Hall–Kier alpha value is -1.59. The van der Waals surface area contributed by atoms with Crippen molar-refractivity contribution in [2.75, 3.05) is 26.4 Å². The maximum absolute atomic E-state index is 15.1. The van der Waals surface area contributed by atoms with Crippen LogP contribution in [0, 0.1) is 56.7 Å². The van der Waals surface area contributed by atoms with Gasteiger partial charge in [0.25, 0.3) is 0 Å². The van der Waals surface area contributed by atoms with Gasteiger partial charge in [0.1, 0.15) is 91.6 Å². The average molecular weight is 1080 g/mol. The third-order valence-electron chi connectivity index (χ3n) is 21.4. The van der Waals surface area contributed by atoms with E-state index in [0.717, 1.165) is 32.1 Å². The molecule has 13 N–H and O–H groups in total. The molecule has 9 aliphatic rings. The van der Waals surface area contributed by atoms with Crippen molar-refractivity contribution in [2.45, 2.75) is 229 Å². The molecule has 0 radical (unpaired) electrons. The van der Waals surface area contributed by atoms with Gasteiger partial charge in [-0.2, -0.15) is 0 Å². The molecule has 4 heterocycles. The minimum Gasteiger partial charge on any atom is -0.432 e. The molecule has 8 fully saturated rings. The van der Waals surface area contributed by atoms with Gasteiger partial charge >= 0.3 is 5.97 Å². The fraction of sp³-hybridized carbons (Fsp3) is 0.943. The van der Waals surface area contributed by atoms with E-state index in [1.54, 1.807) is 0 Å². The standard InChI is InChI=1S/C53H86O22/c1-22-10-15-53(48(67)75-47-41(65)38(62)35(59)28(72-47)21-69-44-39(63)36(60)33(57)26(18-54)70-44)17-16-51(6)24(32(53)23(22)2)8-9-30-50(5)13-12-31(49(3,4)29(50)11-14-52(30,51)7)73-45-42(66)43(25(56)20-68-45)74-46-40(64)37(61)34(58)27(19-55)71-46/h8,22-23,25-47,54-66H,9-21H2,1-7H3/t22-,23+,25-,26-,27-,28-,29+,30+,31-,32+,33-,34-,35-,36+,37+,38+,39-,40-,41-,42-,43+,44-,45+,46+,47+,50+,51+,52-,53-/m0/s1. The first-order chi connectivity index (χ1) is 35.2. The maximum atomic E-state index is 15.1. The van der Waals surface area contributed by atoms with Gasteiger partial charge in [0.2, 0.25) is 6.29 Å². The van der Waals surface area contributed by atoms with Crippen molar-refractivity contribution in [3.05, 3.63) is 11.6 Å². The molecule has 22 heteroatoms. The first-order valence-electron chi connectivity index (χ1n) is 27.3. The van der Waals surface area contributed by atoms with Gasteiger partial charge in [-0.05, 0) is 109 Å². The second-order valence-electron chi connectivity index (χ2n) is 25.3. The molecule has 0 aromatic heterocycles. The fourth-order valence-corrected chi connectivity index (χ4v) is 16.4. The predicted octanol–water partition coefficient (Wildman–Crippen LogP) is -1.54. The maximum Gasteiger partial charge on any atom is 0.315 e. The van der Waals surface area contributed by atoms with Gasteiger partial charge in [-0.1, -0.05) is 60.1 Å². The van der Waals surface area contributed by atoms with Gasteiger partial charge in [0.15, 0.2) is 18.9 Å². The van der Waals surface area contributed by atoms with Gasteiger partial charge in [0, 0.05) is 0 Å². The van der Waals surface area contributed by atoms with Crippen LogP contribution in [0.1, 0.15) is 106 Å². The number of rotatable bonds is 11. The van der Waals surface area contributed by atoms with Crippen LogP contribution in [0.2, 0.25) is 0 Å². The minimum absolute atomic E-state index is 0.0701. The van der Waals surface area contributed by atoms with Crippen LogP contribution in [0.15, 0.2) is 11.6 Å². The van der Waals surface area contributed by atoms with Gasteiger partial charge in [-0.15, -0.1) is 0 Å². The van der Waals surface area contributed by atoms with Gasteiger partial charge < -0.3 is 104 Å². The third kappa shape index (κ3) is 9.40. The SMILES string of the molecule is C[C@@H]1[C@@H](C)CC[C@]2(C(=O)O[C@H]3O[C@@H](CO[C@H]4O[C@@H](CO)[C@H](O)[C@@H](O)[C@@H]4O)[C@H](O)[C@@H](O)[C@@H]3O)CC[C@]3(C)C(=CC[C@@H]4[C@]5(C)CC[C@H](O[C@H]6OC[C@H](O)[C@@H](O[C@H]7O[C@@H](CO)[C@H](O)[C@@H](O)[C@@H]7O)[C@@H]6O)C(C)(C)[C@H]5CC[C@@]43C)[C@@H]12. The number of aliphatic hydroxyl groups is 13. The van der Waals surface area contributed by atoms with Crippen LogP contribution in [0.3, 0.4) is 0 Å². The van der Waals surface area contributed by atoms with E-state index in [2.05, 4.69) is 54.5 Å². The van der Waals surface area contributed by atoms with Crippen molar-refractivity contribution in [3.8, 4) is 0 Å². The van der Waals surface area contributed by atoms with Crippen molar-refractivity contribution in [1.29, 1.82) is 0 Å². The van der Waals surface area contributed by atoms with Crippen LogP contribution >= 0.6 is 0 Å². The molecule has 0 amide bonds. The normalized spacial score (nSPS) is 54.8. The Balaban J connectivity index is 0.905. The van der Waals surface area contributed by atoms with Gasteiger partial charge in [0.05, 0.1) is 37.9 Å². The molecule has 75 heavy (non-hydrogen) atoms. The van der Waals surface area contributed by atoms with E-state index < -0.39 is 153 Å². The molecule has 0 aromatic rings. The lowest BCUT2D eigenvalue weighted by atomic mass is 9.33. The quantitative estimate of drug-likeness (QED) is 0.0633. The number of fused-ring (bicyclic) bond motifs is 7. The van der Waals surface area contributed by atoms with Crippen LogP contribution in [0.4, 0.5) is 0 Å². The number of ether oxygens (including phenoxy) is 8. The summed E-state index contributed by atoms with van der Waals surface area (Å²) in [5.41, 5.74) is -0.823. The predicted molar refractivity (Wildman–Crippen MR) is 257 cm³/mol. The van der Waals surface area contributed by atoms with E-state index in [4.69, 9.17) is 37.9 Å². The molecule has 29 atom stereocenters. The monoisotopic (exact) mass is 1070 g/mol. The molecule has 5 aliphatic carbocycles. The Morgan fingerprint density at radius 3 is 1.84 bits per heavy atom. The zero-order valence-corrected chi connectivity index (χ0v) is 44.2. The molecule has 4 aliphatic heterocycles. The summed E-state index contributed by atoms with van der Waals surface area (Å²) in [6.45, 7) is 13.9. The highest BCUT2D eigenvalue weighted by molar-refractivity contribution is 5.79. The number of hydrogen-bond acceptors (Lipinski definition) is 22. The summed E-state index contributed by atoms with van der Waals surface area (Å²) in [5, 5.41) is 137.